The van der Waals surface area contributed by atoms with Crippen LogP contribution in [0.25, 0.3) is 0 Å². The molecule has 1 aromatic rings. The minimum atomic E-state index is -0.451. The molecule has 0 heterocycles. The molecule has 1 nitrogen and oxygen atoms in total. The molecule has 58 valence electrons. The zero-order valence-electron chi connectivity index (χ0n) is 7.17. The maximum absolute atomic E-state index is 3.41. The maximum Gasteiger partial charge on any atom is 0.283 e. The van der Waals surface area contributed by atoms with Crippen LogP contribution < -0.4 is 5.32 Å². The van der Waals surface area contributed by atoms with Crippen molar-refractivity contribution >= 4 is 19.8 Å². The molecule has 1 rings (SSSR count). The van der Waals surface area contributed by atoms with E-state index in [9.17, 15) is 0 Å². The largest absolute Gasteiger partial charge is 0.399 e. The lowest BCUT2D eigenvalue weighted by Crippen LogP contribution is -2.16. The molecular weight excluding hydrogens is 149 g/mol. The summed E-state index contributed by atoms with van der Waals surface area (Å²) in [5.74, 6) is 4.69. The highest BCUT2D eigenvalue weighted by Gasteiger charge is 1.99. The van der Waals surface area contributed by atoms with E-state index in [-0.39, 0.29) is 0 Å². The summed E-state index contributed by atoms with van der Waals surface area (Å²) in [6.07, 6.45) is 0. The van der Waals surface area contributed by atoms with Gasteiger partial charge in [0.05, 0.1) is 0 Å². The van der Waals surface area contributed by atoms with E-state index < -0.39 is 14.1 Å². The number of hydrogen-bond donors (Lipinski definition) is 1. The molecule has 1 aromatic carbocycles. The number of hydrogen-bond acceptors (Lipinski definition) is 1. The van der Waals surface area contributed by atoms with E-state index in [1.54, 1.807) is 0 Å². The van der Waals surface area contributed by atoms with Crippen molar-refractivity contribution in [2.24, 2.45) is 0 Å². The third kappa shape index (κ3) is 3.46. The summed E-state index contributed by atoms with van der Waals surface area (Å²) in [6.45, 7) is 0. The molecule has 0 aliphatic heterocycles. The van der Waals surface area contributed by atoms with Crippen LogP contribution in [0.1, 0.15) is 0 Å². The summed E-state index contributed by atoms with van der Waals surface area (Å²) in [5.41, 5.74) is 1.24. The predicted octanol–water partition coefficient (Wildman–Crippen LogP) is 2.39. The minimum absolute atomic E-state index is 0.451. The summed E-state index contributed by atoms with van der Waals surface area (Å²) >= 11 is -0.451. The quantitative estimate of drug-likeness (QED) is 0.674. The highest BCUT2D eigenvalue weighted by atomic mass is 27.2. The van der Waals surface area contributed by atoms with Crippen molar-refractivity contribution in [1.29, 1.82) is 0 Å². The molecular formula is C9H14AlN. The van der Waals surface area contributed by atoms with Gasteiger partial charge in [-0.1, -0.05) is 18.2 Å². The molecule has 0 aliphatic carbocycles. The second kappa shape index (κ2) is 4.43. The van der Waals surface area contributed by atoms with E-state index >= 15 is 0 Å². The smallest absolute Gasteiger partial charge is 0.283 e. The van der Waals surface area contributed by atoms with Crippen LogP contribution in [0.4, 0.5) is 5.69 Å². The van der Waals surface area contributed by atoms with Gasteiger partial charge in [0.1, 0.15) is 0 Å². The molecule has 0 radical (unpaired) electrons. The topological polar surface area (TPSA) is 12.0 Å². The van der Waals surface area contributed by atoms with E-state index in [1.807, 2.05) is 6.07 Å². The first-order chi connectivity index (χ1) is 5.29. The van der Waals surface area contributed by atoms with Crippen molar-refractivity contribution in [2.45, 2.75) is 11.6 Å². The Labute approximate surface area is 72.8 Å². The van der Waals surface area contributed by atoms with E-state index in [1.165, 1.54) is 11.1 Å². The average Bonchev–Trinajstić information content (AvgIpc) is 2.03. The molecule has 1 N–H and O–H groups in total. The lowest BCUT2D eigenvalue weighted by atomic mass is 10.3. The molecule has 0 saturated heterocycles. The summed E-state index contributed by atoms with van der Waals surface area (Å²) in [6, 6.07) is 10.4. The van der Waals surface area contributed by atoms with Crippen molar-refractivity contribution in [3.05, 3.63) is 30.3 Å². The third-order valence-electron chi connectivity index (χ3n) is 1.49. The lowest BCUT2D eigenvalue weighted by molar-refractivity contribution is 1.41. The van der Waals surface area contributed by atoms with Crippen LogP contribution in [0.3, 0.4) is 0 Å². The molecule has 0 spiro atoms. The number of benzene rings is 1. The molecule has 11 heavy (non-hydrogen) atoms. The molecule has 2 heteroatoms. The van der Waals surface area contributed by atoms with Crippen molar-refractivity contribution in [3.8, 4) is 0 Å². The summed E-state index contributed by atoms with van der Waals surface area (Å²) in [4.78, 5) is 0. The van der Waals surface area contributed by atoms with Gasteiger partial charge in [-0.3, -0.25) is 0 Å². The number of rotatable bonds is 3. The van der Waals surface area contributed by atoms with Gasteiger partial charge in [-0.05, 0) is 17.5 Å². The number of anilines is 1. The second-order valence-corrected chi connectivity index (χ2v) is 6.34. The molecule has 0 aromatic heterocycles. The normalized spacial score (nSPS) is 9.27. The number of nitrogens with one attached hydrogen (secondary N) is 1. The molecule has 0 bridgehead atoms. The van der Waals surface area contributed by atoms with E-state index in [0.29, 0.717) is 0 Å². The molecule has 0 fully saturated rings. The lowest BCUT2D eigenvalue weighted by Gasteiger charge is -2.04. The molecule has 0 saturated carbocycles. The highest BCUT2D eigenvalue weighted by Crippen LogP contribution is 2.03. The summed E-state index contributed by atoms with van der Waals surface area (Å²) < 4.78 is 0. The van der Waals surface area contributed by atoms with Crippen LogP contribution in [-0.4, -0.2) is 19.6 Å². The van der Waals surface area contributed by atoms with Crippen molar-refractivity contribution < 1.29 is 0 Å². The van der Waals surface area contributed by atoms with Crippen molar-refractivity contribution in [1.82, 2.24) is 0 Å². The Bertz CT molecular complexity index is 196. The standard InChI is InChI=1S/C7H8N.2CH3.Al/c1-8-7-5-3-2-4-6-7;;;/h2-6,8H,1H2;2*1H3;. The SMILES string of the molecule is [CH3][Al]([CH3])[CH2]Nc1ccccc1. The van der Waals surface area contributed by atoms with Gasteiger partial charge in [0.25, 0.3) is 14.1 Å². The monoisotopic (exact) mass is 163 g/mol. The Hall–Kier alpha value is -0.448. The predicted molar refractivity (Wildman–Crippen MR) is 52.4 cm³/mol. The van der Waals surface area contributed by atoms with E-state index in [0.717, 1.165) is 0 Å². The first kappa shape index (κ1) is 8.65. The average molecular weight is 163 g/mol. The molecule has 0 aliphatic rings. The van der Waals surface area contributed by atoms with Gasteiger partial charge in [0.15, 0.2) is 0 Å². The Balaban J connectivity index is 2.39. The fourth-order valence-corrected chi connectivity index (χ4v) is 1.52. The Morgan fingerprint density at radius 1 is 1.18 bits per heavy atom. The Morgan fingerprint density at radius 2 is 1.82 bits per heavy atom. The van der Waals surface area contributed by atoms with Crippen LogP contribution in [0, 0.1) is 0 Å². The first-order valence-corrected chi connectivity index (χ1v) is 7.20. The van der Waals surface area contributed by atoms with Crippen LogP contribution in [0.2, 0.25) is 11.6 Å². The van der Waals surface area contributed by atoms with Crippen LogP contribution in [0.15, 0.2) is 30.3 Å². The second-order valence-electron chi connectivity index (χ2n) is 3.14. The summed E-state index contributed by atoms with van der Waals surface area (Å²) in [5, 5.41) is 4.59. The van der Waals surface area contributed by atoms with Gasteiger partial charge in [-0.15, -0.1) is 11.6 Å². The van der Waals surface area contributed by atoms with Gasteiger partial charge in [0.2, 0.25) is 0 Å². The summed E-state index contributed by atoms with van der Waals surface area (Å²) in [7, 11) is 0. The first-order valence-electron chi connectivity index (χ1n) is 4.08. The van der Waals surface area contributed by atoms with Gasteiger partial charge in [0, 0.05) is 5.69 Å². The Kier molecular flexibility index (Phi) is 3.49. The highest BCUT2D eigenvalue weighted by molar-refractivity contribution is 6.56. The fourth-order valence-electron chi connectivity index (χ4n) is 0.878. The third-order valence-corrected chi connectivity index (χ3v) is 2.51. The fraction of sp³-hybridized carbons (Fsp3) is 0.333. The van der Waals surface area contributed by atoms with Crippen LogP contribution >= 0.6 is 0 Å². The zero-order chi connectivity index (χ0) is 8.10. The van der Waals surface area contributed by atoms with E-state index in [4.69, 9.17) is 0 Å². The maximum atomic E-state index is 3.41. The molecule has 0 amide bonds. The molecule has 0 unspecified atom stereocenters. The zero-order valence-corrected chi connectivity index (χ0v) is 8.33. The van der Waals surface area contributed by atoms with Crippen LogP contribution in [-0.2, 0) is 0 Å². The number of para-hydroxylation sites is 1. The van der Waals surface area contributed by atoms with Gasteiger partial charge in [-0.2, -0.15) is 0 Å². The Morgan fingerprint density at radius 3 is 2.36 bits per heavy atom. The van der Waals surface area contributed by atoms with Crippen molar-refractivity contribution in [3.63, 3.8) is 0 Å². The van der Waals surface area contributed by atoms with Crippen LogP contribution in [0.5, 0.6) is 0 Å². The molecule has 0 atom stereocenters. The van der Waals surface area contributed by atoms with Gasteiger partial charge in [-0.25, -0.2) is 0 Å². The van der Waals surface area contributed by atoms with Gasteiger partial charge >= 0.3 is 0 Å². The van der Waals surface area contributed by atoms with Gasteiger partial charge < -0.3 is 5.32 Å². The minimum Gasteiger partial charge on any atom is -0.399 e. The van der Waals surface area contributed by atoms with Crippen molar-refractivity contribution in [2.75, 3.05) is 10.7 Å². The van der Waals surface area contributed by atoms with E-state index in [2.05, 4.69) is 41.2 Å².